The highest BCUT2D eigenvalue weighted by Gasteiger charge is 2.36. The topological polar surface area (TPSA) is 87.5 Å². The summed E-state index contributed by atoms with van der Waals surface area (Å²) < 4.78 is 0. The van der Waals surface area contributed by atoms with Gasteiger partial charge in [0.15, 0.2) is 0 Å². The molecule has 6 heteroatoms. The van der Waals surface area contributed by atoms with Gasteiger partial charge in [-0.05, 0) is 63.5 Å². The first-order valence-electron chi connectivity index (χ1n) is 10.6. The van der Waals surface area contributed by atoms with Crippen LogP contribution in [-0.2, 0) is 16.0 Å². The minimum Gasteiger partial charge on any atom is -0.354 e. The average Bonchev–Trinajstić information content (AvgIpc) is 3.21. The lowest BCUT2D eigenvalue weighted by molar-refractivity contribution is -0.140. The van der Waals surface area contributed by atoms with Crippen molar-refractivity contribution >= 4 is 11.8 Å². The molecule has 2 atom stereocenters. The summed E-state index contributed by atoms with van der Waals surface area (Å²) in [5, 5.41) is 6.25. The van der Waals surface area contributed by atoms with Gasteiger partial charge in [-0.2, -0.15) is 0 Å². The first-order chi connectivity index (χ1) is 13.6. The Labute approximate surface area is 168 Å². The maximum atomic E-state index is 13.1. The molecule has 2 unspecified atom stereocenters. The zero-order valence-corrected chi connectivity index (χ0v) is 16.9. The summed E-state index contributed by atoms with van der Waals surface area (Å²) in [5.74, 6) is 0.528. The van der Waals surface area contributed by atoms with Gasteiger partial charge in [0.05, 0.1) is 6.04 Å². The standard InChI is InChI=1S/C22H34N4O2/c1-24-19(14-16-6-3-2-4-7-16)22(28)26-13-5-8-20(26)21(27)25-15-17-9-11-18(23)12-10-17/h2-4,6-7,17-20,24H,5,8-15,23H2,1H3,(H,25,27). The average molecular weight is 387 g/mol. The number of carbonyl (C=O) groups is 2. The molecule has 1 saturated heterocycles. The van der Waals surface area contributed by atoms with Crippen molar-refractivity contribution in [2.75, 3.05) is 20.1 Å². The van der Waals surface area contributed by atoms with Crippen molar-refractivity contribution < 1.29 is 9.59 Å². The van der Waals surface area contributed by atoms with Crippen LogP contribution in [0.2, 0.25) is 0 Å². The molecule has 0 spiro atoms. The molecule has 154 valence electrons. The first kappa shape index (κ1) is 20.8. The number of carbonyl (C=O) groups excluding carboxylic acids is 2. The van der Waals surface area contributed by atoms with Crippen LogP contribution in [0.3, 0.4) is 0 Å². The first-order valence-corrected chi connectivity index (χ1v) is 10.6. The van der Waals surface area contributed by atoms with Crippen LogP contribution >= 0.6 is 0 Å². The number of hydrogen-bond acceptors (Lipinski definition) is 4. The lowest BCUT2D eigenvalue weighted by Gasteiger charge is -2.30. The van der Waals surface area contributed by atoms with Gasteiger partial charge < -0.3 is 21.3 Å². The molecule has 1 aliphatic carbocycles. The van der Waals surface area contributed by atoms with Crippen LogP contribution in [0, 0.1) is 5.92 Å². The second-order valence-corrected chi connectivity index (χ2v) is 8.25. The summed E-state index contributed by atoms with van der Waals surface area (Å²) in [6.45, 7) is 1.35. The smallest absolute Gasteiger partial charge is 0.242 e. The molecule has 2 aliphatic rings. The Morgan fingerprint density at radius 3 is 2.54 bits per heavy atom. The van der Waals surface area contributed by atoms with Gasteiger partial charge >= 0.3 is 0 Å². The highest BCUT2D eigenvalue weighted by Crippen LogP contribution is 2.23. The normalized spacial score (nSPS) is 26.1. The molecular weight excluding hydrogens is 352 g/mol. The van der Waals surface area contributed by atoms with E-state index in [4.69, 9.17) is 5.73 Å². The number of rotatable bonds is 7. The highest BCUT2D eigenvalue weighted by molar-refractivity contribution is 5.90. The van der Waals surface area contributed by atoms with E-state index in [2.05, 4.69) is 10.6 Å². The molecule has 0 bridgehead atoms. The third-order valence-electron chi connectivity index (χ3n) is 6.22. The van der Waals surface area contributed by atoms with E-state index in [9.17, 15) is 9.59 Å². The Hall–Kier alpha value is -1.92. The van der Waals surface area contributed by atoms with Crippen LogP contribution in [0.25, 0.3) is 0 Å². The zero-order valence-electron chi connectivity index (χ0n) is 16.9. The fourth-order valence-corrected chi connectivity index (χ4v) is 4.42. The molecule has 0 radical (unpaired) electrons. The lowest BCUT2D eigenvalue weighted by Crippen LogP contribution is -2.53. The van der Waals surface area contributed by atoms with Crippen molar-refractivity contribution in [2.24, 2.45) is 11.7 Å². The largest absolute Gasteiger partial charge is 0.354 e. The molecule has 1 aromatic carbocycles. The van der Waals surface area contributed by atoms with Crippen molar-refractivity contribution in [1.82, 2.24) is 15.5 Å². The van der Waals surface area contributed by atoms with Crippen LogP contribution < -0.4 is 16.4 Å². The number of nitrogens with one attached hydrogen (secondary N) is 2. The number of amides is 2. The maximum Gasteiger partial charge on any atom is 0.242 e. The molecule has 1 aromatic rings. The fraction of sp³-hybridized carbons (Fsp3) is 0.636. The van der Waals surface area contributed by atoms with Gasteiger partial charge in [-0.25, -0.2) is 0 Å². The Bertz CT molecular complexity index is 643. The van der Waals surface area contributed by atoms with Gasteiger partial charge in [-0.3, -0.25) is 9.59 Å². The number of likely N-dealkylation sites (N-methyl/N-ethyl adjacent to an activating group) is 1. The Balaban J connectivity index is 1.54. The molecule has 2 amide bonds. The number of nitrogens with zero attached hydrogens (tertiary/aromatic N) is 1. The van der Waals surface area contributed by atoms with Crippen molar-refractivity contribution in [3.8, 4) is 0 Å². The van der Waals surface area contributed by atoms with Gasteiger partial charge in [-0.1, -0.05) is 30.3 Å². The molecule has 4 N–H and O–H groups in total. The van der Waals surface area contributed by atoms with Gasteiger partial charge in [-0.15, -0.1) is 0 Å². The summed E-state index contributed by atoms with van der Waals surface area (Å²) >= 11 is 0. The Morgan fingerprint density at radius 1 is 1.14 bits per heavy atom. The molecule has 1 saturated carbocycles. The Morgan fingerprint density at radius 2 is 1.86 bits per heavy atom. The van der Waals surface area contributed by atoms with E-state index >= 15 is 0 Å². The molecule has 2 fully saturated rings. The summed E-state index contributed by atoms with van der Waals surface area (Å²) in [4.78, 5) is 27.7. The minimum atomic E-state index is -0.343. The van der Waals surface area contributed by atoms with E-state index in [0.717, 1.165) is 44.1 Å². The van der Waals surface area contributed by atoms with E-state index in [1.54, 1.807) is 4.90 Å². The van der Waals surface area contributed by atoms with E-state index in [1.807, 2.05) is 37.4 Å². The molecular formula is C22H34N4O2. The second kappa shape index (κ2) is 10.0. The summed E-state index contributed by atoms with van der Waals surface area (Å²) in [6, 6.07) is 9.66. The van der Waals surface area contributed by atoms with Crippen molar-refractivity contribution in [2.45, 2.75) is 63.1 Å². The van der Waals surface area contributed by atoms with Crippen LogP contribution in [0.15, 0.2) is 30.3 Å². The maximum absolute atomic E-state index is 13.1. The van der Waals surface area contributed by atoms with E-state index in [-0.39, 0.29) is 23.9 Å². The van der Waals surface area contributed by atoms with Crippen molar-refractivity contribution in [3.63, 3.8) is 0 Å². The van der Waals surface area contributed by atoms with Gasteiger partial charge in [0.2, 0.25) is 11.8 Å². The molecule has 1 heterocycles. The summed E-state index contributed by atoms with van der Waals surface area (Å²) in [6.07, 6.45) is 6.49. The zero-order chi connectivity index (χ0) is 19.9. The summed E-state index contributed by atoms with van der Waals surface area (Å²) in [5.41, 5.74) is 7.08. The van der Waals surface area contributed by atoms with E-state index < -0.39 is 0 Å². The second-order valence-electron chi connectivity index (χ2n) is 8.25. The predicted octanol–water partition coefficient (Wildman–Crippen LogP) is 1.44. The van der Waals surface area contributed by atoms with E-state index in [0.29, 0.717) is 31.5 Å². The SMILES string of the molecule is CNC(Cc1ccccc1)C(=O)N1CCCC1C(=O)NCC1CCC(N)CC1. The number of nitrogens with two attached hydrogens (primary N) is 1. The lowest BCUT2D eigenvalue weighted by atomic mass is 9.86. The molecule has 0 aromatic heterocycles. The summed E-state index contributed by atoms with van der Waals surface area (Å²) in [7, 11) is 1.81. The number of likely N-dealkylation sites (tertiary alicyclic amines) is 1. The number of benzene rings is 1. The third kappa shape index (κ3) is 5.32. The monoisotopic (exact) mass is 386 g/mol. The third-order valence-corrected chi connectivity index (χ3v) is 6.22. The van der Waals surface area contributed by atoms with E-state index in [1.165, 1.54) is 0 Å². The van der Waals surface area contributed by atoms with Gasteiger partial charge in [0.25, 0.3) is 0 Å². The van der Waals surface area contributed by atoms with Gasteiger partial charge in [0, 0.05) is 19.1 Å². The quantitative estimate of drug-likeness (QED) is 0.662. The van der Waals surface area contributed by atoms with Crippen LogP contribution in [0.4, 0.5) is 0 Å². The number of hydrogen-bond donors (Lipinski definition) is 3. The van der Waals surface area contributed by atoms with Crippen molar-refractivity contribution in [3.05, 3.63) is 35.9 Å². The Kier molecular flexibility index (Phi) is 7.45. The molecule has 28 heavy (non-hydrogen) atoms. The van der Waals surface area contributed by atoms with Crippen LogP contribution in [-0.4, -0.2) is 55.0 Å². The van der Waals surface area contributed by atoms with Crippen LogP contribution in [0.1, 0.15) is 44.1 Å². The molecule has 1 aliphatic heterocycles. The van der Waals surface area contributed by atoms with Crippen molar-refractivity contribution in [1.29, 1.82) is 0 Å². The van der Waals surface area contributed by atoms with Crippen LogP contribution in [0.5, 0.6) is 0 Å². The molecule has 3 rings (SSSR count). The van der Waals surface area contributed by atoms with Gasteiger partial charge in [0.1, 0.15) is 6.04 Å². The molecule has 6 nitrogen and oxygen atoms in total. The predicted molar refractivity (Wildman–Crippen MR) is 111 cm³/mol. The fourth-order valence-electron chi connectivity index (χ4n) is 4.42. The minimum absolute atomic E-state index is 0.00436. The highest BCUT2D eigenvalue weighted by atomic mass is 16.2.